The van der Waals surface area contributed by atoms with Gasteiger partial charge in [-0.15, -0.1) is 0 Å². The summed E-state index contributed by atoms with van der Waals surface area (Å²) in [6.07, 6.45) is 14.4. The standard InChI is InChI=1S/C25H42O4/c1-2-23(26)17-12-7-5-3-4-6-8-13-18-24(19-14-20-25(27)28)29-21-22-15-10-9-11-16-22/h9-11,15-16,23-24,26H,2-8,12-14,17-21H2,1H3,(H,27,28). The lowest BCUT2D eigenvalue weighted by atomic mass is 10.0. The van der Waals surface area contributed by atoms with Crippen LogP contribution in [0.3, 0.4) is 0 Å². The molecule has 0 aliphatic carbocycles. The molecule has 0 saturated heterocycles. The Morgan fingerprint density at radius 2 is 1.41 bits per heavy atom. The first-order valence-electron chi connectivity index (χ1n) is 11.7. The van der Waals surface area contributed by atoms with Crippen LogP contribution in [0.15, 0.2) is 30.3 Å². The number of unbranched alkanes of at least 4 members (excludes halogenated alkanes) is 7. The van der Waals surface area contributed by atoms with Crippen molar-refractivity contribution in [3.05, 3.63) is 35.9 Å². The number of rotatable bonds is 19. The first-order valence-corrected chi connectivity index (χ1v) is 11.7. The first kappa shape index (κ1) is 25.6. The van der Waals surface area contributed by atoms with Crippen molar-refractivity contribution in [2.75, 3.05) is 0 Å². The fourth-order valence-electron chi connectivity index (χ4n) is 3.60. The molecular weight excluding hydrogens is 364 g/mol. The number of carboxylic acids is 1. The molecule has 2 unspecified atom stereocenters. The number of carbonyl (C=O) groups is 1. The Labute approximate surface area is 177 Å². The highest BCUT2D eigenvalue weighted by Gasteiger charge is 2.11. The third kappa shape index (κ3) is 15.2. The van der Waals surface area contributed by atoms with Gasteiger partial charge in [0.05, 0.1) is 18.8 Å². The molecule has 0 spiro atoms. The van der Waals surface area contributed by atoms with E-state index >= 15 is 0 Å². The van der Waals surface area contributed by atoms with Crippen LogP contribution in [-0.2, 0) is 16.1 Å². The minimum atomic E-state index is -0.726. The zero-order valence-electron chi connectivity index (χ0n) is 18.4. The van der Waals surface area contributed by atoms with E-state index in [1.165, 1.54) is 44.1 Å². The number of benzene rings is 1. The van der Waals surface area contributed by atoms with Crippen LogP contribution in [0.25, 0.3) is 0 Å². The summed E-state index contributed by atoms with van der Waals surface area (Å²) in [4.78, 5) is 10.8. The van der Waals surface area contributed by atoms with Crippen molar-refractivity contribution >= 4 is 5.97 Å². The Morgan fingerprint density at radius 1 is 0.862 bits per heavy atom. The van der Waals surface area contributed by atoms with Gasteiger partial charge < -0.3 is 14.9 Å². The third-order valence-electron chi connectivity index (χ3n) is 5.53. The molecule has 4 nitrogen and oxygen atoms in total. The summed E-state index contributed by atoms with van der Waals surface area (Å²) in [5.74, 6) is -0.726. The summed E-state index contributed by atoms with van der Waals surface area (Å²) in [5, 5.41) is 18.4. The van der Waals surface area contributed by atoms with Crippen molar-refractivity contribution in [3.8, 4) is 0 Å². The summed E-state index contributed by atoms with van der Waals surface area (Å²) in [5.41, 5.74) is 1.17. The van der Waals surface area contributed by atoms with Crippen molar-refractivity contribution < 1.29 is 19.7 Å². The zero-order valence-corrected chi connectivity index (χ0v) is 18.4. The zero-order chi connectivity index (χ0) is 21.2. The van der Waals surface area contributed by atoms with E-state index in [0.717, 1.165) is 38.5 Å². The lowest BCUT2D eigenvalue weighted by Gasteiger charge is -2.18. The molecule has 0 radical (unpaired) electrons. The van der Waals surface area contributed by atoms with E-state index in [2.05, 4.69) is 12.1 Å². The lowest BCUT2D eigenvalue weighted by molar-refractivity contribution is -0.137. The molecule has 0 saturated carbocycles. The van der Waals surface area contributed by atoms with Gasteiger partial charge in [-0.2, -0.15) is 0 Å². The van der Waals surface area contributed by atoms with Gasteiger partial charge in [-0.3, -0.25) is 4.79 Å². The van der Waals surface area contributed by atoms with Gasteiger partial charge in [0.25, 0.3) is 0 Å². The van der Waals surface area contributed by atoms with E-state index in [1.54, 1.807) is 0 Å². The number of carboxylic acid groups (broad SMARTS) is 1. The number of aliphatic hydroxyl groups is 1. The number of aliphatic carboxylic acids is 1. The Morgan fingerprint density at radius 3 is 2.00 bits per heavy atom. The van der Waals surface area contributed by atoms with Crippen LogP contribution in [0, 0.1) is 0 Å². The number of hydrogen-bond donors (Lipinski definition) is 2. The minimum Gasteiger partial charge on any atom is -0.481 e. The Balaban J connectivity index is 2.11. The van der Waals surface area contributed by atoms with E-state index in [1.807, 2.05) is 25.1 Å². The first-order chi connectivity index (χ1) is 14.1. The molecule has 2 N–H and O–H groups in total. The quantitative estimate of drug-likeness (QED) is 0.257. The van der Waals surface area contributed by atoms with Crippen molar-refractivity contribution in [1.82, 2.24) is 0 Å². The summed E-state index contributed by atoms with van der Waals surface area (Å²) in [7, 11) is 0. The Hall–Kier alpha value is -1.39. The van der Waals surface area contributed by atoms with E-state index in [0.29, 0.717) is 13.0 Å². The van der Waals surface area contributed by atoms with Gasteiger partial charge in [-0.05, 0) is 37.7 Å². The normalized spacial score (nSPS) is 13.3. The van der Waals surface area contributed by atoms with Gasteiger partial charge in [-0.25, -0.2) is 0 Å². The van der Waals surface area contributed by atoms with Crippen LogP contribution in [0.5, 0.6) is 0 Å². The number of hydrogen-bond acceptors (Lipinski definition) is 3. The van der Waals surface area contributed by atoms with Gasteiger partial charge in [0.15, 0.2) is 0 Å². The smallest absolute Gasteiger partial charge is 0.303 e. The number of aliphatic hydroxyl groups excluding tert-OH is 1. The highest BCUT2D eigenvalue weighted by atomic mass is 16.5. The predicted molar refractivity (Wildman–Crippen MR) is 119 cm³/mol. The fourth-order valence-corrected chi connectivity index (χ4v) is 3.60. The van der Waals surface area contributed by atoms with E-state index in [9.17, 15) is 9.90 Å². The topological polar surface area (TPSA) is 66.8 Å². The van der Waals surface area contributed by atoms with E-state index in [4.69, 9.17) is 9.84 Å². The average Bonchev–Trinajstić information content (AvgIpc) is 2.73. The second kappa shape index (κ2) is 17.5. The molecule has 29 heavy (non-hydrogen) atoms. The van der Waals surface area contributed by atoms with Crippen molar-refractivity contribution in [1.29, 1.82) is 0 Å². The Bertz CT molecular complexity index is 503. The van der Waals surface area contributed by atoms with Crippen LogP contribution >= 0.6 is 0 Å². The fraction of sp³-hybridized carbons (Fsp3) is 0.720. The second-order valence-electron chi connectivity index (χ2n) is 8.17. The maximum absolute atomic E-state index is 10.8. The van der Waals surface area contributed by atoms with Crippen LogP contribution in [0.2, 0.25) is 0 Å². The molecule has 4 heteroatoms. The molecule has 0 aliphatic heterocycles. The van der Waals surface area contributed by atoms with Crippen LogP contribution in [0.4, 0.5) is 0 Å². The molecule has 1 aromatic carbocycles. The lowest BCUT2D eigenvalue weighted by Crippen LogP contribution is -2.14. The molecule has 0 amide bonds. The van der Waals surface area contributed by atoms with E-state index in [-0.39, 0.29) is 18.6 Å². The monoisotopic (exact) mass is 406 g/mol. The van der Waals surface area contributed by atoms with Crippen LogP contribution in [-0.4, -0.2) is 28.4 Å². The summed E-state index contributed by atoms with van der Waals surface area (Å²) in [6.45, 7) is 2.64. The van der Waals surface area contributed by atoms with Crippen molar-refractivity contribution in [2.45, 2.75) is 116 Å². The molecule has 0 aliphatic rings. The Kier molecular flexibility index (Phi) is 15.4. The maximum Gasteiger partial charge on any atom is 0.303 e. The second-order valence-corrected chi connectivity index (χ2v) is 8.17. The summed E-state index contributed by atoms with van der Waals surface area (Å²) in [6, 6.07) is 10.2. The molecule has 0 bridgehead atoms. The molecule has 0 aromatic heterocycles. The van der Waals surface area contributed by atoms with Gasteiger partial charge in [0, 0.05) is 6.42 Å². The van der Waals surface area contributed by atoms with Gasteiger partial charge in [0.2, 0.25) is 0 Å². The predicted octanol–water partition coefficient (Wildman–Crippen LogP) is 6.50. The maximum atomic E-state index is 10.8. The molecule has 2 atom stereocenters. The van der Waals surface area contributed by atoms with Crippen LogP contribution < -0.4 is 0 Å². The van der Waals surface area contributed by atoms with E-state index < -0.39 is 5.97 Å². The van der Waals surface area contributed by atoms with Gasteiger partial charge >= 0.3 is 5.97 Å². The van der Waals surface area contributed by atoms with Gasteiger partial charge in [-0.1, -0.05) is 88.6 Å². The molecule has 1 aromatic rings. The third-order valence-corrected chi connectivity index (χ3v) is 5.53. The molecule has 0 heterocycles. The summed E-state index contributed by atoms with van der Waals surface area (Å²) >= 11 is 0. The molecular formula is C25H42O4. The largest absolute Gasteiger partial charge is 0.481 e. The average molecular weight is 407 g/mol. The van der Waals surface area contributed by atoms with Gasteiger partial charge in [0.1, 0.15) is 0 Å². The van der Waals surface area contributed by atoms with Crippen molar-refractivity contribution in [3.63, 3.8) is 0 Å². The summed E-state index contributed by atoms with van der Waals surface area (Å²) < 4.78 is 6.10. The highest BCUT2D eigenvalue weighted by molar-refractivity contribution is 5.66. The SMILES string of the molecule is CCC(O)CCCCCCCCCCC(CCCC(=O)O)OCc1ccccc1. The van der Waals surface area contributed by atoms with Crippen LogP contribution in [0.1, 0.15) is 102 Å². The number of ether oxygens (including phenoxy) is 1. The van der Waals surface area contributed by atoms with Crippen molar-refractivity contribution in [2.24, 2.45) is 0 Å². The minimum absolute atomic E-state index is 0.109. The molecule has 166 valence electrons. The molecule has 1 rings (SSSR count). The highest BCUT2D eigenvalue weighted by Crippen LogP contribution is 2.17. The molecule has 0 fully saturated rings.